The Labute approximate surface area is 131 Å². The Morgan fingerprint density at radius 3 is 1.80 bits per heavy atom. The minimum atomic E-state index is -7.08. The van der Waals surface area contributed by atoms with Gasteiger partial charge >= 0.3 is 33.5 Å². The van der Waals surface area contributed by atoms with Crippen molar-refractivity contribution in [2.24, 2.45) is 0 Å². The second-order valence-corrected chi connectivity index (χ2v) is 5.77. The van der Waals surface area contributed by atoms with Gasteiger partial charge < -0.3 is 0 Å². The summed E-state index contributed by atoms with van der Waals surface area (Å²) >= 11 is 0. The lowest BCUT2D eigenvalue weighted by Gasteiger charge is -2.31. The maximum atomic E-state index is 13.5. The van der Waals surface area contributed by atoms with Crippen molar-refractivity contribution in [3.63, 3.8) is 0 Å². The van der Waals surface area contributed by atoms with Crippen LogP contribution in [-0.2, 0) is 20.8 Å². The zero-order valence-electron chi connectivity index (χ0n) is 11.1. The molecule has 0 bridgehead atoms. The van der Waals surface area contributed by atoms with Crippen molar-refractivity contribution < 1.29 is 61.6 Å². The summed E-state index contributed by atoms with van der Waals surface area (Å²) in [5, 5.41) is -6.76. The monoisotopic (exact) mass is 410 g/mol. The molecule has 144 valence electrons. The second kappa shape index (κ2) is 5.98. The van der Waals surface area contributed by atoms with E-state index in [2.05, 4.69) is 0 Å². The third-order valence-corrected chi connectivity index (χ3v) is 3.46. The van der Waals surface area contributed by atoms with Crippen LogP contribution in [0.5, 0.6) is 0 Å². The van der Waals surface area contributed by atoms with Gasteiger partial charge in [0.15, 0.2) is 11.6 Å². The summed E-state index contributed by atoms with van der Waals surface area (Å²) in [7, 11) is -7.08. The molecule has 0 spiro atoms. The van der Waals surface area contributed by atoms with Crippen molar-refractivity contribution in [2.45, 2.75) is 23.4 Å². The quantitative estimate of drug-likeness (QED) is 0.574. The van der Waals surface area contributed by atoms with Crippen LogP contribution >= 0.6 is 0 Å². The lowest BCUT2D eigenvalue weighted by Crippen LogP contribution is -2.55. The number of hydrogen-bond acceptors (Lipinski definition) is 3. The standard InChI is InChI=1S/C10H4F10O4S/c11-5-3-1-2-4(6(5)12)7(13,14)8(15,16)24-9(17,18)10(19,20)25(21,22)23/h1-3H,(H,21,22,23). The smallest absolute Gasteiger partial charge is 0.281 e. The summed E-state index contributed by atoms with van der Waals surface area (Å²) in [6.45, 7) is 0. The van der Waals surface area contributed by atoms with Gasteiger partial charge in [-0.05, 0) is 12.1 Å². The molecule has 0 amide bonds. The average Bonchev–Trinajstić information content (AvgIpc) is 2.38. The van der Waals surface area contributed by atoms with Crippen LogP contribution in [0.3, 0.4) is 0 Å². The van der Waals surface area contributed by atoms with Crippen molar-refractivity contribution in [2.75, 3.05) is 0 Å². The van der Waals surface area contributed by atoms with Crippen molar-refractivity contribution in [3.8, 4) is 0 Å². The van der Waals surface area contributed by atoms with Gasteiger partial charge in [-0.1, -0.05) is 6.07 Å². The van der Waals surface area contributed by atoms with E-state index in [0.29, 0.717) is 0 Å². The fourth-order valence-electron chi connectivity index (χ4n) is 1.34. The summed E-state index contributed by atoms with van der Waals surface area (Å²) in [5.74, 6) is -10.9. The number of alkyl halides is 8. The maximum Gasteiger partial charge on any atom is 0.460 e. The topological polar surface area (TPSA) is 63.6 Å². The van der Waals surface area contributed by atoms with E-state index in [1.807, 2.05) is 4.74 Å². The first-order chi connectivity index (χ1) is 10.9. The van der Waals surface area contributed by atoms with Crippen LogP contribution < -0.4 is 0 Å². The highest BCUT2D eigenvalue weighted by Gasteiger charge is 2.74. The van der Waals surface area contributed by atoms with Crippen LogP contribution in [0.1, 0.15) is 5.56 Å². The molecule has 1 N–H and O–H groups in total. The molecule has 1 aromatic carbocycles. The number of benzene rings is 1. The normalized spacial score (nSPS) is 14.7. The Hall–Kier alpha value is -1.61. The van der Waals surface area contributed by atoms with E-state index in [9.17, 15) is 52.3 Å². The Balaban J connectivity index is 3.39. The van der Waals surface area contributed by atoms with Gasteiger partial charge in [0.2, 0.25) is 0 Å². The van der Waals surface area contributed by atoms with Crippen LogP contribution in [0.2, 0.25) is 0 Å². The Morgan fingerprint density at radius 1 is 0.880 bits per heavy atom. The van der Waals surface area contributed by atoms with E-state index < -0.39 is 50.7 Å². The number of hydrogen-bond donors (Lipinski definition) is 1. The van der Waals surface area contributed by atoms with Crippen LogP contribution in [0.15, 0.2) is 18.2 Å². The minimum Gasteiger partial charge on any atom is -0.281 e. The summed E-state index contributed by atoms with van der Waals surface area (Å²) in [6.07, 6.45) is -13.5. The van der Waals surface area contributed by atoms with Crippen molar-refractivity contribution in [3.05, 3.63) is 35.4 Å². The first-order valence-electron chi connectivity index (χ1n) is 5.51. The molecule has 0 radical (unpaired) electrons. The Kier molecular flexibility index (Phi) is 5.13. The van der Waals surface area contributed by atoms with Gasteiger partial charge in [0.25, 0.3) is 0 Å². The van der Waals surface area contributed by atoms with Crippen LogP contribution in [0.4, 0.5) is 43.9 Å². The molecule has 25 heavy (non-hydrogen) atoms. The fourth-order valence-corrected chi connectivity index (χ4v) is 1.68. The molecule has 1 rings (SSSR count). The highest BCUT2D eigenvalue weighted by Crippen LogP contribution is 2.50. The predicted octanol–water partition coefficient (Wildman–Crippen LogP) is 3.74. The number of halogens is 10. The highest BCUT2D eigenvalue weighted by molar-refractivity contribution is 7.86. The third-order valence-electron chi connectivity index (χ3n) is 2.57. The van der Waals surface area contributed by atoms with E-state index in [1.54, 1.807) is 0 Å². The summed E-state index contributed by atoms with van der Waals surface area (Å²) in [5.41, 5.74) is -2.54. The number of rotatable bonds is 6. The maximum absolute atomic E-state index is 13.5. The summed E-state index contributed by atoms with van der Waals surface area (Å²) in [6, 6.07) is 0.270. The first kappa shape index (κ1) is 21.4. The van der Waals surface area contributed by atoms with Crippen LogP contribution in [0.25, 0.3) is 0 Å². The molecule has 0 saturated heterocycles. The Bertz CT molecular complexity index is 761. The Morgan fingerprint density at radius 2 is 1.36 bits per heavy atom. The van der Waals surface area contributed by atoms with E-state index in [4.69, 9.17) is 4.55 Å². The molecule has 4 nitrogen and oxygen atoms in total. The fraction of sp³-hybridized carbons (Fsp3) is 0.400. The van der Waals surface area contributed by atoms with E-state index in [-0.39, 0.29) is 18.2 Å². The van der Waals surface area contributed by atoms with E-state index >= 15 is 0 Å². The largest absolute Gasteiger partial charge is 0.460 e. The van der Waals surface area contributed by atoms with Gasteiger partial charge in [-0.25, -0.2) is 13.5 Å². The van der Waals surface area contributed by atoms with Crippen molar-refractivity contribution >= 4 is 10.1 Å². The van der Waals surface area contributed by atoms with Crippen LogP contribution in [0, 0.1) is 11.6 Å². The van der Waals surface area contributed by atoms with E-state index in [0.717, 1.165) is 0 Å². The molecule has 0 heterocycles. The van der Waals surface area contributed by atoms with E-state index in [1.165, 1.54) is 0 Å². The molecule has 0 fully saturated rings. The van der Waals surface area contributed by atoms with Gasteiger partial charge in [-0.3, -0.25) is 4.55 Å². The van der Waals surface area contributed by atoms with Gasteiger partial charge in [-0.2, -0.15) is 43.5 Å². The molecule has 0 unspecified atom stereocenters. The molecule has 0 saturated carbocycles. The van der Waals surface area contributed by atoms with Gasteiger partial charge in [-0.15, -0.1) is 0 Å². The molecule has 0 aliphatic carbocycles. The zero-order chi connectivity index (χ0) is 20.1. The van der Waals surface area contributed by atoms with Gasteiger partial charge in [0.05, 0.1) is 5.56 Å². The molecule has 0 atom stereocenters. The van der Waals surface area contributed by atoms with Gasteiger partial charge in [0.1, 0.15) is 0 Å². The lowest BCUT2D eigenvalue weighted by atomic mass is 10.1. The SMILES string of the molecule is O=S(=O)(O)C(F)(F)C(F)(F)OC(F)(F)C(F)(F)c1cccc(F)c1F. The minimum absolute atomic E-state index is 0.186. The first-order valence-corrected chi connectivity index (χ1v) is 6.95. The van der Waals surface area contributed by atoms with Gasteiger partial charge in [0, 0.05) is 0 Å². The molecule has 15 heteroatoms. The summed E-state index contributed by atoms with van der Waals surface area (Å²) in [4.78, 5) is 0. The molecule has 0 aliphatic heterocycles. The molecular weight excluding hydrogens is 406 g/mol. The molecule has 1 aromatic rings. The highest BCUT2D eigenvalue weighted by atomic mass is 32.2. The van der Waals surface area contributed by atoms with Crippen molar-refractivity contribution in [1.29, 1.82) is 0 Å². The summed E-state index contributed by atoms with van der Waals surface area (Å²) < 4.78 is 161. The third kappa shape index (κ3) is 3.52. The van der Waals surface area contributed by atoms with Crippen molar-refractivity contribution in [1.82, 2.24) is 0 Å². The predicted molar refractivity (Wildman–Crippen MR) is 57.7 cm³/mol. The molecule has 0 aromatic heterocycles. The second-order valence-electron chi connectivity index (χ2n) is 4.30. The zero-order valence-corrected chi connectivity index (χ0v) is 11.9. The molecule has 0 aliphatic rings. The molecular formula is C10H4F10O4S. The van der Waals surface area contributed by atoms with Crippen LogP contribution in [-0.4, -0.2) is 30.4 Å². The number of ether oxygens (including phenoxy) is 1. The average molecular weight is 410 g/mol. The lowest BCUT2D eigenvalue weighted by molar-refractivity contribution is -0.460.